The van der Waals surface area contributed by atoms with E-state index in [1.165, 1.54) is 20.2 Å². The van der Waals surface area contributed by atoms with E-state index in [9.17, 15) is 0 Å². The molecule has 0 aliphatic carbocycles. The van der Waals surface area contributed by atoms with Crippen molar-refractivity contribution >= 4 is 31.5 Å². The van der Waals surface area contributed by atoms with Gasteiger partial charge < -0.3 is 0 Å². The van der Waals surface area contributed by atoms with Gasteiger partial charge in [0, 0.05) is 53.6 Å². The van der Waals surface area contributed by atoms with Crippen LogP contribution < -0.4 is 0 Å². The second-order valence-electron chi connectivity index (χ2n) is 14.8. The first-order valence-electron chi connectivity index (χ1n) is 20.1. The summed E-state index contributed by atoms with van der Waals surface area (Å²) >= 11 is 1.78. The summed E-state index contributed by atoms with van der Waals surface area (Å²) in [6, 6.07) is 70.7. The lowest BCUT2D eigenvalue weighted by Crippen LogP contribution is -2.01. The Morgan fingerprint density at radius 1 is 0.213 bits per heavy atom. The third-order valence-electron chi connectivity index (χ3n) is 10.8. The Morgan fingerprint density at radius 3 is 1.08 bits per heavy atom. The van der Waals surface area contributed by atoms with Crippen molar-refractivity contribution in [3.8, 4) is 90.6 Å². The van der Waals surface area contributed by atoms with Crippen molar-refractivity contribution < 1.29 is 0 Å². The van der Waals surface area contributed by atoms with Gasteiger partial charge in [0.2, 0.25) is 0 Å². The minimum atomic E-state index is 0.571. The summed E-state index contributed by atoms with van der Waals surface area (Å²) in [5.74, 6) is 3.58. The Bertz CT molecular complexity index is 3330. The van der Waals surface area contributed by atoms with Gasteiger partial charge in [-0.05, 0) is 40.5 Å². The monoisotopic (exact) mass is 798 g/mol. The largest absolute Gasteiger partial charge is 0.208 e. The van der Waals surface area contributed by atoms with Crippen molar-refractivity contribution in [2.45, 2.75) is 0 Å². The average molecular weight is 799 g/mol. The molecule has 3 aromatic heterocycles. The summed E-state index contributed by atoms with van der Waals surface area (Å²) in [6.07, 6.45) is 0. The number of hydrogen-bond acceptors (Lipinski definition) is 7. The van der Waals surface area contributed by atoms with Crippen LogP contribution in [0, 0.1) is 0 Å². The van der Waals surface area contributed by atoms with E-state index in [1.807, 2.05) is 66.7 Å². The molecule has 0 spiro atoms. The fourth-order valence-electron chi connectivity index (χ4n) is 7.66. The number of rotatable bonds is 8. The first kappa shape index (κ1) is 36.1. The maximum atomic E-state index is 5.09. The normalized spacial score (nSPS) is 11.3. The van der Waals surface area contributed by atoms with Crippen LogP contribution in [0.2, 0.25) is 0 Å². The first-order valence-corrected chi connectivity index (χ1v) is 20.9. The van der Waals surface area contributed by atoms with E-state index < -0.39 is 0 Å². The van der Waals surface area contributed by atoms with E-state index in [-0.39, 0.29) is 0 Å². The van der Waals surface area contributed by atoms with Crippen molar-refractivity contribution in [2.75, 3.05) is 0 Å². The van der Waals surface area contributed by atoms with Crippen LogP contribution in [-0.2, 0) is 0 Å². The maximum Gasteiger partial charge on any atom is 0.164 e. The van der Waals surface area contributed by atoms with E-state index in [4.69, 9.17) is 29.9 Å². The van der Waals surface area contributed by atoms with Crippen LogP contribution in [0.3, 0.4) is 0 Å². The number of benzene rings is 8. The third kappa shape index (κ3) is 7.24. The lowest BCUT2D eigenvalue weighted by atomic mass is 10.0. The Morgan fingerprint density at radius 2 is 0.541 bits per heavy atom. The quantitative estimate of drug-likeness (QED) is 0.152. The average Bonchev–Trinajstić information content (AvgIpc) is 3.73. The zero-order valence-electron chi connectivity index (χ0n) is 32.7. The molecule has 11 rings (SSSR count). The summed E-state index contributed by atoms with van der Waals surface area (Å²) in [7, 11) is 0. The van der Waals surface area contributed by atoms with Crippen LogP contribution in [0.25, 0.3) is 111 Å². The van der Waals surface area contributed by atoms with Gasteiger partial charge in [0.1, 0.15) is 0 Å². The topological polar surface area (TPSA) is 77.3 Å². The second kappa shape index (κ2) is 15.6. The van der Waals surface area contributed by atoms with E-state index in [2.05, 4.69) is 140 Å². The van der Waals surface area contributed by atoms with Crippen molar-refractivity contribution in [3.63, 3.8) is 0 Å². The van der Waals surface area contributed by atoms with Gasteiger partial charge in [-0.2, -0.15) is 0 Å². The van der Waals surface area contributed by atoms with Gasteiger partial charge in [-0.3, -0.25) is 0 Å². The molecular weight excluding hydrogens is 765 g/mol. The molecule has 3 heterocycles. The highest BCUT2D eigenvalue weighted by Crippen LogP contribution is 2.37. The van der Waals surface area contributed by atoms with Gasteiger partial charge in [0.25, 0.3) is 0 Å². The highest BCUT2D eigenvalue weighted by atomic mass is 32.1. The lowest BCUT2D eigenvalue weighted by Gasteiger charge is -2.11. The molecule has 286 valence electrons. The molecule has 0 fully saturated rings. The molecular formula is C54H34N6S. The Balaban J connectivity index is 0.993. The van der Waals surface area contributed by atoms with Crippen LogP contribution in [-0.4, -0.2) is 29.9 Å². The van der Waals surface area contributed by atoms with Gasteiger partial charge in [-0.25, -0.2) is 29.9 Å². The molecule has 0 N–H and O–H groups in total. The number of nitrogens with zero attached hydrogens (tertiary/aromatic N) is 6. The molecule has 0 bridgehead atoms. The van der Waals surface area contributed by atoms with E-state index in [1.54, 1.807) is 11.3 Å². The third-order valence-corrected chi connectivity index (χ3v) is 12.0. The predicted octanol–water partition coefficient (Wildman–Crippen LogP) is 13.8. The Kier molecular flexibility index (Phi) is 9.26. The molecule has 61 heavy (non-hydrogen) atoms. The smallest absolute Gasteiger partial charge is 0.164 e. The maximum absolute atomic E-state index is 5.09. The number of thiophene rings is 1. The minimum absolute atomic E-state index is 0.571. The zero-order valence-corrected chi connectivity index (χ0v) is 33.5. The fraction of sp³-hybridized carbons (Fsp3) is 0. The molecule has 6 nitrogen and oxygen atoms in total. The van der Waals surface area contributed by atoms with Crippen molar-refractivity contribution in [1.82, 2.24) is 29.9 Å². The summed E-state index contributed by atoms with van der Waals surface area (Å²) in [4.78, 5) is 30.3. The standard InChI is InChI=1S/C54H34N6S/c1-4-13-35(14-5-1)37-23-25-39(26-24-37)50-56-52(59-53(58-50)43-20-12-19-42(33-43)36-15-6-2-7-16-36)41-29-27-40(28-30-41)51-55-49(38-17-8-3-9-18-38)57-54(60-51)44-31-32-46-45-21-10-11-22-47(45)61-48(46)34-44/h1-34H. The summed E-state index contributed by atoms with van der Waals surface area (Å²) in [5, 5.41) is 2.49. The van der Waals surface area contributed by atoms with Crippen molar-refractivity contribution in [3.05, 3.63) is 206 Å². The number of fused-ring (bicyclic) bond motifs is 3. The Hall–Kier alpha value is -8.00. The van der Waals surface area contributed by atoms with Gasteiger partial charge >= 0.3 is 0 Å². The molecule has 7 heteroatoms. The molecule has 8 aromatic carbocycles. The molecule has 0 radical (unpaired) electrons. The van der Waals surface area contributed by atoms with Gasteiger partial charge in [0.15, 0.2) is 34.9 Å². The molecule has 0 saturated heterocycles. The van der Waals surface area contributed by atoms with Crippen LogP contribution in [0.1, 0.15) is 0 Å². The lowest BCUT2D eigenvalue weighted by molar-refractivity contribution is 1.07. The van der Waals surface area contributed by atoms with E-state index in [0.717, 1.165) is 55.6 Å². The highest BCUT2D eigenvalue weighted by Gasteiger charge is 2.17. The van der Waals surface area contributed by atoms with Crippen LogP contribution in [0.15, 0.2) is 206 Å². The summed E-state index contributed by atoms with van der Waals surface area (Å²) in [6.45, 7) is 0. The summed E-state index contributed by atoms with van der Waals surface area (Å²) in [5.41, 5.74) is 9.88. The van der Waals surface area contributed by atoms with Gasteiger partial charge in [-0.1, -0.05) is 188 Å². The predicted molar refractivity (Wildman–Crippen MR) is 250 cm³/mol. The molecule has 11 aromatic rings. The van der Waals surface area contributed by atoms with Gasteiger partial charge in [-0.15, -0.1) is 11.3 Å². The fourth-order valence-corrected chi connectivity index (χ4v) is 8.80. The molecule has 0 unspecified atom stereocenters. The number of hydrogen-bond donors (Lipinski definition) is 0. The SMILES string of the molecule is c1ccc(-c2ccc(-c3nc(-c4ccc(-c5nc(-c6ccccc6)nc(-c6ccc7c(c6)sc6ccccc67)n5)cc4)nc(-c4cccc(-c5ccccc5)c4)n3)cc2)cc1. The van der Waals surface area contributed by atoms with Crippen LogP contribution in [0.5, 0.6) is 0 Å². The minimum Gasteiger partial charge on any atom is -0.208 e. The van der Waals surface area contributed by atoms with E-state index in [0.29, 0.717) is 34.9 Å². The molecule has 0 aliphatic heterocycles. The van der Waals surface area contributed by atoms with E-state index >= 15 is 0 Å². The van der Waals surface area contributed by atoms with Crippen LogP contribution in [0.4, 0.5) is 0 Å². The van der Waals surface area contributed by atoms with Crippen molar-refractivity contribution in [2.24, 2.45) is 0 Å². The second-order valence-corrected chi connectivity index (χ2v) is 15.8. The molecule has 0 atom stereocenters. The van der Waals surface area contributed by atoms with Gasteiger partial charge in [0.05, 0.1) is 0 Å². The van der Waals surface area contributed by atoms with Crippen molar-refractivity contribution in [1.29, 1.82) is 0 Å². The number of aromatic nitrogens is 6. The summed E-state index contributed by atoms with van der Waals surface area (Å²) < 4.78 is 2.46. The Labute approximate surface area is 356 Å². The highest BCUT2D eigenvalue weighted by molar-refractivity contribution is 7.25. The molecule has 0 saturated carbocycles. The zero-order chi connectivity index (χ0) is 40.5. The molecule has 0 aliphatic rings. The van der Waals surface area contributed by atoms with Crippen LogP contribution >= 0.6 is 11.3 Å². The molecule has 0 amide bonds. The first-order chi connectivity index (χ1) is 30.2.